The summed E-state index contributed by atoms with van der Waals surface area (Å²) >= 11 is 1.56. The maximum absolute atomic E-state index is 12.7. The van der Waals surface area contributed by atoms with Crippen LogP contribution in [0.2, 0.25) is 0 Å². The first-order valence-electron chi connectivity index (χ1n) is 4.65. The molecule has 0 aromatic rings. The molecule has 0 rings (SSSR count). The van der Waals surface area contributed by atoms with E-state index in [0.717, 1.165) is 0 Å². The Morgan fingerprint density at radius 2 is 1.65 bits per heavy atom. The minimum atomic E-state index is -4.34. The Morgan fingerprint density at radius 3 is 2.00 bits per heavy atom. The van der Waals surface area contributed by atoms with E-state index in [9.17, 15) is 22.4 Å². The molecule has 0 atom stereocenters. The van der Waals surface area contributed by atoms with Gasteiger partial charge >= 0.3 is 16.9 Å². The molecule has 0 aliphatic carbocycles. The van der Waals surface area contributed by atoms with Gasteiger partial charge in [0, 0.05) is 0 Å². The molecule has 0 amide bonds. The zero-order chi connectivity index (χ0) is 13.9. The number of alkyl halides is 5. The molecule has 0 heterocycles. The third kappa shape index (κ3) is 6.70. The minimum absolute atomic E-state index is 0.834. The van der Waals surface area contributed by atoms with Crippen LogP contribution in [-0.4, -0.2) is 29.1 Å². The predicted octanol–water partition coefficient (Wildman–Crippen LogP) is 3.95. The van der Waals surface area contributed by atoms with Crippen molar-refractivity contribution in [1.29, 1.82) is 0 Å². The van der Waals surface area contributed by atoms with E-state index in [1.54, 1.807) is 36.7 Å². The molecule has 0 aliphatic heterocycles. The lowest BCUT2D eigenvalue weighted by Gasteiger charge is -2.22. The van der Waals surface area contributed by atoms with Gasteiger partial charge in [-0.2, -0.15) is 17.6 Å². The van der Waals surface area contributed by atoms with Crippen LogP contribution >= 0.6 is 15.9 Å². The standard InChI is InChI=1S/C9H13BrF4O3/c1-7(2,3)17-6(15)16-5-4-8(11,12)9(10,13)14/h4-5H2,1-3H3. The first-order chi connectivity index (χ1) is 7.35. The number of rotatable bonds is 4. The Balaban J connectivity index is 4.05. The summed E-state index contributed by atoms with van der Waals surface area (Å²) in [6, 6.07) is 0. The lowest BCUT2D eigenvalue weighted by atomic mass is 10.2. The third-order valence-electron chi connectivity index (χ3n) is 1.44. The monoisotopic (exact) mass is 324 g/mol. The third-order valence-corrected chi connectivity index (χ3v) is 2.02. The Kier molecular flexibility index (Phi) is 5.24. The second kappa shape index (κ2) is 5.41. The first kappa shape index (κ1) is 16.5. The van der Waals surface area contributed by atoms with Crippen LogP contribution in [0.1, 0.15) is 27.2 Å². The molecule has 0 aromatic carbocycles. The fraction of sp³-hybridized carbons (Fsp3) is 0.889. The maximum Gasteiger partial charge on any atom is 0.508 e. The summed E-state index contributed by atoms with van der Waals surface area (Å²) in [5.74, 6) is -4.30. The van der Waals surface area contributed by atoms with Crippen LogP contribution < -0.4 is 0 Å². The highest BCUT2D eigenvalue weighted by atomic mass is 79.9. The van der Waals surface area contributed by atoms with Crippen molar-refractivity contribution in [3.8, 4) is 0 Å². The summed E-state index contributed by atoms with van der Waals surface area (Å²) in [6.07, 6.45) is -2.48. The number of halogens is 5. The van der Waals surface area contributed by atoms with Gasteiger partial charge in [0.25, 0.3) is 0 Å². The number of ether oxygens (including phenoxy) is 2. The highest BCUT2D eigenvalue weighted by molar-refractivity contribution is 9.10. The Morgan fingerprint density at radius 1 is 1.18 bits per heavy atom. The Bertz CT molecular complexity index is 270. The van der Waals surface area contributed by atoms with Crippen molar-refractivity contribution >= 4 is 22.1 Å². The Labute approximate surface area is 105 Å². The molecule has 0 bridgehead atoms. The second-order valence-electron chi connectivity index (χ2n) is 4.27. The molecule has 0 fully saturated rings. The van der Waals surface area contributed by atoms with E-state index in [-0.39, 0.29) is 0 Å². The molecule has 8 heteroatoms. The average Bonchev–Trinajstić information content (AvgIpc) is 1.97. The van der Waals surface area contributed by atoms with Gasteiger partial charge in [-0.1, -0.05) is 0 Å². The molecular formula is C9H13BrF4O3. The molecule has 3 nitrogen and oxygen atoms in total. The second-order valence-corrected chi connectivity index (χ2v) is 5.26. The number of carbonyl (C=O) groups excluding carboxylic acids is 1. The van der Waals surface area contributed by atoms with Crippen molar-refractivity contribution in [3.05, 3.63) is 0 Å². The highest BCUT2D eigenvalue weighted by Crippen LogP contribution is 2.41. The molecule has 0 radical (unpaired) electrons. The van der Waals surface area contributed by atoms with Crippen molar-refractivity contribution < 1.29 is 31.8 Å². The van der Waals surface area contributed by atoms with E-state index < -0.39 is 35.5 Å². The van der Waals surface area contributed by atoms with Crippen molar-refractivity contribution in [3.63, 3.8) is 0 Å². The van der Waals surface area contributed by atoms with Crippen LogP contribution in [0.4, 0.5) is 22.4 Å². The van der Waals surface area contributed by atoms with E-state index in [2.05, 4.69) is 9.47 Å². The van der Waals surface area contributed by atoms with Crippen molar-refractivity contribution in [1.82, 2.24) is 0 Å². The molecule has 0 aliphatic rings. The largest absolute Gasteiger partial charge is 0.508 e. The van der Waals surface area contributed by atoms with Crippen LogP contribution in [0.25, 0.3) is 0 Å². The highest BCUT2D eigenvalue weighted by Gasteiger charge is 2.53. The van der Waals surface area contributed by atoms with Crippen LogP contribution in [0.15, 0.2) is 0 Å². The van der Waals surface area contributed by atoms with Gasteiger partial charge in [0.05, 0.1) is 6.42 Å². The van der Waals surface area contributed by atoms with E-state index in [0.29, 0.717) is 0 Å². The Hall–Kier alpha value is -0.530. The summed E-state index contributed by atoms with van der Waals surface area (Å²) in [7, 11) is 0. The van der Waals surface area contributed by atoms with Gasteiger partial charge in [-0.25, -0.2) is 4.79 Å². The molecule has 0 spiro atoms. The van der Waals surface area contributed by atoms with Gasteiger partial charge in [0.15, 0.2) is 0 Å². The molecule has 0 saturated heterocycles. The summed E-state index contributed by atoms with van der Waals surface area (Å²) in [5, 5.41) is 0. The number of carbonyl (C=O) groups is 1. The number of hydrogen-bond acceptors (Lipinski definition) is 3. The molecule has 0 N–H and O–H groups in total. The van der Waals surface area contributed by atoms with Gasteiger partial charge in [-0.15, -0.1) is 0 Å². The normalized spacial score (nSPS) is 13.4. The number of hydrogen-bond donors (Lipinski definition) is 0. The minimum Gasteiger partial charge on any atom is -0.434 e. The smallest absolute Gasteiger partial charge is 0.434 e. The summed E-state index contributed by atoms with van der Waals surface area (Å²) in [6.45, 7) is 3.80. The lowest BCUT2D eigenvalue weighted by molar-refractivity contribution is -0.157. The zero-order valence-electron chi connectivity index (χ0n) is 9.53. The molecular weight excluding hydrogens is 312 g/mol. The summed E-state index contributed by atoms with van der Waals surface area (Å²) in [4.78, 5) is 6.57. The SMILES string of the molecule is CC(C)(C)OC(=O)OCCC(F)(F)C(F)(F)Br. The van der Waals surface area contributed by atoms with E-state index in [1.807, 2.05) is 0 Å². The van der Waals surface area contributed by atoms with E-state index >= 15 is 0 Å². The zero-order valence-corrected chi connectivity index (χ0v) is 11.1. The molecule has 17 heavy (non-hydrogen) atoms. The quantitative estimate of drug-likeness (QED) is 0.446. The maximum atomic E-state index is 12.7. The van der Waals surface area contributed by atoms with Crippen LogP contribution in [0.5, 0.6) is 0 Å². The predicted molar refractivity (Wildman–Crippen MR) is 55.6 cm³/mol. The van der Waals surface area contributed by atoms with Crippen molar-refractivity contribution in [2.45, 2.75) is 43.5 Å². The van der Waals surface area contributed by atoms with Crippen molar-refractivity contribution in [2.75, 3.05) is 6.61 Å². The molecule has 0 aromatic heterocycles. The van der Waals surface area contributed by atoms with Gasteiger partial charge < -0.3 is 9.47 Å². The van der Waals surface area contributed by atoms with E-state index in [4.69, 9.17) is 0 Å². The van der Waals surface area contributed by atoms with Gasteiger partial charge in [-0.05, 0) is 36.7 Å². The topological polar surface area (TPSA) is 35.5 Å². The summed E-state index contributed by atoms with van der Waals surface area (Å²) < 4.78 is 58.8. The average molecular weight is 325 g/mol. The van der Waals surface area contributed by atoms with Crippen LogP contribution in [0.3, 0.4) is 0 Å². The van der Waals surface area contributed by atoms with Crippen LogP contribution in [0, 0.1) is 0 Å². The van der Waals surface area contributed by atoms with E-state index in [1.165, 1.54) is 0 Å². The molecule has 0 unspecified atom stereocenters. The van der Waals surface area contributed by atoms with Gasteiger partial charge in [0.1, 0.15) is 12.2 Å². The lowest BCUT2D eigenvalue weighted by Crippen LogP contribution is -2.36. The fourth-order valence-electron chi connectivity index (χ4n) is 0.684. The van der Waals surface area contributed by atoms with Gasteiger partial charge in [0.2, 0.25) is 0 Å². The molecule has 102 valence electrons. The van der Waals surface area contributed by atoms with Crippen molar-refractivity contribution in [2.24, 2.45) is 0 Å². The van der Waals surface area contributed by atoms with Crippen LogP contribution in [-0.2, 0) is 9.47 Å². The summed E-state index contributed by atoms with van der Waals surface area (Å²) in [5.41, 5.74) is -0.834. The molecule has 0 saturated carbocycles. The first-order valence-corrected chi connectivity index (χ1v) is 5.45. The van der Waals surface area contributed by atoms with Gasteiger partial charge in [-0.3, -0.25) is 0 Å². The fourth-order valence-corrected chi connectivity index (χ4v) is 0.882.